The zero-order valence-corrected chi connectivity index (χ0v) is 16.1. The van der Waals surface area contributed by atoms with Crippen LogP contribution in [0.5, 0.6) is 5.75 Å². The van der Waals surface area contributed by atoms with E-state index in [-0.39, 0.29) is 24.1 Å². The Morgan fingerprint density at radius 1 is 1.17 bits per heavy atom. The van der Waals surface area contributed by atoms with Gasteiger partial charge in [0.05, 0.1) is 10.8 Å². The highest BCUT2D eigenvalue weighted by molar-refractivity contribution is 5.94. The van der Waals surface area contributed by atoms with Crippen molar-refractivity contribution < 1.29 is 18.9 Å². The number of non-ortho nitro benzene ring substituents is 1. The summed E-state index contributed by atoms with van der Waals surface area (Å²) < 4.78 is 11.4. The average molecular weight is 408 g/mol. The lowest BCUT2D eigenvalue weighted by Gasteiger charge is -2.31. The normalized spacial score (nSPS) is 16.3. The molecule has 154 valence electrons. The maximum Gasteiger partial charge on any atom is 0.269 e. The number of hydrogen-bond donors (Lipinski definition) is 0. The first-order valence-corrected chi connectivity index (χ1v) is 9.64. The third-order valence-electron chi connectivity index (χ3n) is 4.97. The molecule has 1 unspecified atom stereocenters. The van der Waals surface area contributed by atoms with Crippen LogP contribution in [0, 0.1) is 10.1 Å². The van der Waals surface area contributed by atoms with Crippen molar-refractivity contribution in [1.29, 1.82) is 0 Å². The molecule has 4 rings (SSSR count). The number of piperidine rings is 1. The van der Waals surface area contributed by atoms with Gasteiger partial charge in [0.25, 0.3) is 17.5 Å². The van der Waals surface area contributed by atoms with E-state index in [1.807, 2.05) is 30.3 Å². The van der Waals surface area contributed by atoms with E-state index in [1.165, 1.54) is 24.3 Å². The number of nitro benzene ring substituents is 1. The Morgan fingerprint density at radius 3 is 2.67 bits per heavy atom. The largest absolute Gasteiger partial charge is 0.484 e. The van der Waals surface area contributed by atoms with E-state index < -0.39 is 4.92 Å². The summed E-state index contributed by atoms with van der Waals surface area (Å²) in [6.07, 6.45) is 1.65. The second-order valence-corrected chi connectivity index (χ2v) is 7.03. The molecule has 1 aliphatic rings. The third kappa shape index (κ3) is 4.45. The third-order valence-corrected chi connectivity index (χ3v) is 4.97. The Kier molecular flexibility index (Phi) is 5.69. The monoisotopic (exact) mass is 408 g/mol. The molecule has 1 saturated heterocycles. The van der Waals surface area contributed by atoms with Crippen molar-refractivity contribution in [1.82, 2.24) is 15.1 Å². The summed E-state index contributed by atoms with van der Waals surface area (Å²) in [5.41, 5.74) is 0.378. The first-order chi connectivity index (χ1) is 14.6. The highest BCUT2D eigenvalue weighted by Gasteiger charge is 2.29. The summed E-state index contributed by atoms with van der Waals surface area (Å²) in [4.78, 5) is 24.8. The topological polar surface area (TPSA) is 112 Å². The average Bonchev–Trinajstić information content (AvgIpc) is 3.27. The molecule has 0 N–H and O–H groups in total. The van der Waals surface area contributed by atoms with Crippen molar-refractivity contribution >= 4 is 11.6 Å². The number of ether oxygens (including phenoxy) is 1. The number of likely N-dealkylation sites (tertiary alicyclic amines) is 1. The molecule has 0 bridgehead atoms. The molecule has 3 aromatic rings. The summed E-state index contributed by atoms with van der Waals surface area (Å²) in [6, 6.07) is 15.0. The smallest absolute Gasteiger partial charge is 0.269 e. The molecule has 0 aliphatic carbocycles. The van der Waals surface area contributed by atoms with E-state index in [4.69, 9.17) is 9.15 Å². The standard InChI is InChI=1S/C21H20N4O5/c26-21(15-8-10-17(11-9-15)25(27)28)24-12-4-5-16(13-24)20-23-22-19(30-20)14-29-18-6-2-1-3-7-18/h1-3,6-11,16H,4-5,12-14H2. The summed E-state index contributed by atoms with van der Waals surface area (Å²) in [5, 5.41) is 19.0. The molecule has 9 heteroatoms. The Bertz CT molecular complexity index is 1020. The van der Waals surface area contributed by atoms with Gasteiger partial charge in [-0.05, 0) is 37.1 Å². The Morgan fingerprint density at radius 2 is 1.93 bits per heavy atom. The molecule has 1 amide bonds. The molecule has 2 aromatic carbocycles. The molecule has 0 saturated carbocycles. The predicted molar refractivity (Wildman–Crippen MR) is 106 cm³/mol. The van der Waals surface area contributed by atoms with E-state index in [1.54, 1.807) is 4.90 Å². The first kappa shape index (κ1) is 19.6. The SMILES string of the molecule is O=C(c1ccc([N+](=O)[O-])cc1)N1CCCC(c2nnc(COc3ccccc3)o2)C1. The molecule has 0 radical (unpaired) electrons. The van der Waals surface area contributed by atoms with E-state index in [2.05, 4.69) is 10.2 Å². The van der Waals surface area contributed by atoms with Crippen molar-refractivity contribution in [2.24, 2.45) is 0 Å². The number of carbonyl (C=O) groups is 1. The lowest BCUT2D eigenvalue weighted by Crippen LogP contribution is -2.39. The number of nitro groups is 1. The summed E-state index contributed by atoms with van der Waals surface area (Å²) in [7, 11) is 0. The summed E-state index contributed by atoms with van der Waals surface area (Å²) >= 11 is 0. The van der Waals surface area contributed by atoms with Gasteiger partial charge in [-0.2, -0.15) is 0 Å². The fourth-order valence-electron chi connectivity index (χ4n) is 3.42. The molecule has 1 fully saturated rings. The van der Waals surface area contributed by atoms with Gasteiger partial charge in [-0.15, -0.1) is 10.2 Å². The van der Waals surface area contributed by atoms with Crippen molar-refractivity contribution in [3.05, 3.63) is 82.1 Å². The molecule has 9 nitrogen and oxygen atoms in total. The maximum atomic E-state index is 12.8. The molecule has 0 spiro atoms. The molecule has 2 heterocycles. The van der Waals surface area contributed by atoms with Gasteiger partial charge >= 0.3 is 0 Å². The van der Waals surface area contributed by atoms with Crippen LogP contribution in [0.3, 0.4) is 0 Å². The summed E-state index contributed by atoms with van der Waals surface area (Å²) in [6.45, 7) is 1.25. The van der Waals surface area contributed by atoms with Crippen LogP contribution >= 0.6 is 0 Å². The van der Waals surface area contributed by atoms with Crippen molar-refractivity contribution in [2.75, 3.05) is 13.1 Å². The fraction of sp³-hybridized carbons (Fsp3) is 0.286. The number of hydrogen-bond acceptors (Lipinski definition) is 7. The quantitative estimate of drug-likeness (QED) is 0.453. The number of amides is 1. The molecule has 30 heavy (non-hydrogen) atoms. The van der Waals surface area contributed by atoms with Crippen molar-refractivity contribution in [2.45, 2.75) is 25.4 Å². The van der Waals surface area contributed by atoms with Crippen LogP contribution in [-0.2, 0) is 6.61 Å². The van der Waals surface area contributed by atoms with Gasteiger partial charge in [-0.1, -0.05) is 18.2 Å². The number of aromatic nitrogens is 2. The van der Waals surface area contributed by atoms with E-state index in [0.717, 1.165) is 18.6 Å². The van der Waals surface area contributed by atoms with Crippen LogP contribution in [-0.4, -0.2) is 39.0 Å². The Balaban J connectivity index is 1.38. The summed E-state index contributed by atoms with van der Waals surface area (Å²) in [5.74, 6) is 1.37. The van der Waals surface area contributed by atoms with Gasteiger partial charge in [-0.3, -0.25) is 14.9 Å². The van der Waals surface area contributed by atoms with Gasteiger partial charge in [0.2, 0.25) is 5.89 Å². The zero-order chi connectivity index (χ0) is 20.9. The number of nitrogens with zero attached hydrogens (tertiary/aromatic N) is 4. The highest BCUT2D eigenvalue weighted by Crippen LogP contribution is 2.27. The van der Waals surface area contributed by atoms with Crippen LogP contribution in [0.1, 0.15) is 40.9 Å². The fourth-order valence-corrected chi connectivity index (χ4v) is 3.42. The van der Waals surface area contributed by atoms with E-state index in [9.17, 15) is 14.9 Å². The van der Waals surface area contributed by atoms with Crippen LogP contribution in [0.4, 0.5) is 5.69 Å². The number of carbonyl (C=O) groups excluding carboxylic acids is 1. The molecular weight excluding hydrogens is 388 g/mol. The van der Waals surface area contributed by atoms with Crippen LogP contribution in [0.2, 0.25) is 0 Å². The minimum absolute atomic E-state index is 0.0424. The number of rotatable bonds is 6. The van der Waals surface area contributed by atoms with Gasteiger partial charge in [-0.25, -0.2) is 0 Å². The second kappa shape index (κ2) is 8.73. The minimum Gasteiger partial charge on any atom is -0.484 e. The van der Waals surface area contributed by atoms with Crippen LogP contribution in [0.25, 0.3) is 0 Å². The zero-order valence-electron chi connectivity index (χ0n) is 16.1. The lowest BCUT2D eigenvalue weighted by atomic mass is 9.97. The van der Waals surface area contributed by atoms with Gasteiger partial charge < -0.3 is 14.1 Å². The predicted octanol–water partition coefficient (Wildman–Crippen LogP) is 3.58. The van der Waals surface area contributed by atoms with Crippen molar-refractivity contribution in [3.63, 3.8) is 0 Å². The van der Waals surface area contributed by atoms with Gasteiger partial charge in [0.1, 0.15) is 5.75 Å². The Labute approximate surface area is 172 Å². The number of benzene rings is 2. The molecule has 1 aromatic heterocycles. The Hall–Kier alpha value is -3.75. The highest BCUT2D eigenvalue weighted by atomic mass is 16.6. The number of para-hydroxylation sites is 1. The van der Waals surface area contributed by atoms with Crippen LogP contribution in [0.15, 0.2) is 59.0 Å². The molecular formula is C21H20N4O5. The van der Waals surface area contributed by atoms with E-state index >= 15 is 0 Å². The molecule has 1 aliphatic heterocycles. The van der Waals surface area contributed by atoms with Gasteiger partial charge in [0, 0.05) is 30.8 Å². The lowest BCUT2D eigenvalue weighted by molar-refractivity contribution is -0.384. The maximum absolute atomic E-state index is 12.8. The van der Waals surface area contributed by atoms with Gasteiger partial charge in [0.15, 0.2) is 6.61 Å². The second-order valence-electron chi connectivity index (χ2n) is 7.03. The van der Waals surface area contributed by atoms with E-state index in [0.29, 0.717) is 30.4 Å². The first-order valence-electron chi connectivity index (χ1n) is 9.64. The minimum atomic E-state index is -0.486. The molecule has 1 atom stereocenters. The van der Waals surface area contributed by atoms with Crippen LogP contribution < -0.4 is 4.74 Å². The van der Waals surface area contributed by atoms with Crippen molar-refractivity contribution in [3.8, 4) is 5.75 Å².